The van der Waals surface area contributed by atoms with E-state index in [9.17, 15) is 0 Å². The molecule has 1 atom stereocenters. The van der Waals surface area contributed by atoms with Gasteiger partial charge >= 0.3 is 0 Å². The van der Waals surface area contributed by atoms with Gasteiger partial charge in [-0.25, -0.2) is 0 Å². The van der Waals surface area contributed by atoms with Crippen LogP contribution in [0.5, 0.6) is 0 Å². The van der Waals surface area contributed by atoms with Crippen molar-refractivity contribution in [2.75, 3.05) is 0 Å². The second-order valence-electron chi connectivity index (χ2n) is 5.55. The van der Waals surface area contributed by atoms with Crippen LogP contribution in [0, 0.1) is 6.92 Å². The van der Waals surface area contributed by atoms with Crippen LogP contribution in [0.3, 0.4) is 0 Å². The SMILES string of the molecule is Cc1cccc(CCC(N)c2c(Cl)cnn2C(C)C)c1. The Morgan fingerprint density at radius 2 is 2.10 bits per heavy atom. The summed E-state index contributed by atoms with van der Waals surface area (Å²) >= 11 is 6.23. The molecule has 1 aromatic carbocycles. The van der Waals surface area contributed by atoms with E-state index in [-0.39, 0.29) is 12.1 Å². The van der Waals surface area contributed by atoms with Gasteiger partial charge in [0.15, 0.2) is 0 Å². The van der Waals surface area contributed by atoms with E-state index in [1.807, 2.05) is 4.68 Å². The predicted octanol–water partition coefficient (Wildman–Crippen LogP) is 4.06. The number of rotatable bonds is 5. The summed E-state index contributed by atoms with van der Waals surface area (Å²) in [6.07, 6.45) is 3.49. The van der Waals surface area contributed by atoms with E-state index < -0.39 is 0 Å². The highest BCUT2D eigenvalue weighted by molar-refractivity contribution is 6.31. The van der Waals surface area contributed by atoms with Gasteiger partial charge in [0.1, 0.15) is 0 Å². The molecule has 3 nitrogen and oxygen atoms in total. The Balaban J connectivity index is 2.09. The van der Waals surface area contributed by atoms with Crippen molar-refractivity contribution >= 4 is 11.6 Å². The molecule has 108 valence electrons. The second-order valence-corrected chi connectivity index (χ2v) is 5.96. The molecule has 1 aromatic heterocycles. The van der Waals surface area contributed by atoms with E-state index in [4.69, 9.17) is 17.3 Å². The Bertz CT molecular complexity index is 575. The monoisotopic (exact) mass is 291 g/mol. The van der Waals surface area contributed by atoms with Crippen LogP contribution in [-0.4, -0.2) is 9.78 Å². The molecule has 0 saturated carbocycles. The molecule has 0 aliphatic carbocycles. The number of nitrogens with two attached hydrogens (primary N) is 1. The first kappa shape index (κ1) is 15.1. The summed E-state index contributed by atoms with van der Waals surface area (Å²) in [5.41, 5.74) is 9.85. The second kappa shape index (κ2) is 6.42. The maximum absolute atomic E-state index is 6.32. The largest absolute Gasteiger partial charge is 0.323 e. The summed E-state index contributed by atoms with van der Waals surface area (Å²) in [4.78, 5) is 0. The maximum Gasteiger partial charge on any atom is 0.0834 e. The molecule has 0 aliphatic heterocycles. The van der Waals surface area contributed by atoms with Crippen molar-refractivity contribution in [1.29, 1.82) is 0 Å². The van der Waals surface area contributed by atoms with Crippen molar-refractivity contribution in [1.82, 2.24) is 9.78 Å². The highest BCUT2D eigenvalue weighted by Crippen LogP contribution is 2.27. The number of aryl methyl sites for hydroxylation is 2. The maximum atomic E-state index is 6.32. The predicted molar refractivity (Wildman–Crippen MR) is 84.1 cm³/mol. The Hall–Kier alpha value is -1.32. The number of nitrogens with zero attached hydrogens (tertiary/aromatic N) is 2. The molecule has 2 aromatic rings. The Morgan fingerprint density at radius 3 is 2.75 bits per heavy atom. The lowest BCUT2D eigenvalue weighted by Gasteiger charge is -2.17. The number of hydrogen-bond donors (Lipinski definition) is 1. The van der Waals surface area contributed by atoms with Gasteiger partial charge in [-0.2, -0.15) is 5.10 Å². The minimum atomic E-state index is -0.0899. The van der Waals surface area contributed by atoms with E-state index >= 15 is 0 Å². The first-order valence-electron chi connectivity index (χ1n) is 7.03. The van der Waals surface area contributed by atoms with Crippen LogP contribution in [0.4, 0.5) is 0 Å². The van der Waals surface area contributed by atoms with Crippen molar-refractivity contribution in [2.24, 2.45) is 5.73 Å². The topological polar surface area (TPSA) is 43.8 Å². The van der Waals surface area contributed by atoms with Gasteiger partial charge < -0.3 is 5.73 Å². The Morgan fingerprint density at radius 1 is 1.35 bits per heavy atom. The van der Waals surface area contributed by atoms with Gasteiger partial charge in [-0.1, -0.05) is 41.4 Å². The summed E-state index contributed by atoms with van der Waals surface area (Å²) in [6.45, 7) is 6.27. The number of hydrogen-bond acceptors (Lipinski definition) is 2. The quantitative estimate of drug-likeness (QED) is 0.903. The van der Waals surface area contributed by atoms with Crippen LogP contribution in [0.15, 0.2) is 30.5 Å². The summed E-state index contributed by atoms with van der Waals surface area (Å²) in [5.74, 6) is 0. The van der Waals surface area contributed by atoms with Crippen LogP contribution in [0.1, 0.15) is 49.2 Å². The molecular weight excluding hydrogens is 270 g/mol. The third kappa shape index (κ3) is 3.41. The lowest BCUT2D eigenvalue weighted by molar-refractivity contribution is 0.477. The third-order valence-electron chi connectivity index (χ3n) is 3.45. The van der Waals surface area contributed by atoms with Crippen molar-refractivity contribution in [3.8, 4) is 0 Å². The zero-order chi connectivity index (χ0) is 14.7. The van der Waals surface area contributed by atoms with E-state index in [2.05, 4.69) is 50.1 Å². The number of halogens is 1. The minimum Gasteiger partial charge on any atom is -0.323 e. The Labute approximate surface area is 125 Å². The molecule has 0 amide bonds. The van der Waals surface area contributed by atoms with Crippen molar-refractivity contribution in [3.63, 3.8) is 0 Å². The normalized spacial score (nSPS) is 12.9. The lowest BCUT2D eigenvalue weighted by atomic mass is 10.0. The van der Waals surface area contributed by atoms with Gasteiger partial charge in [-0.15, -0.1) is 0 Å². The van der Waals surface area contributed by atoms with Gasteiger partial charge in [0.2, 0.25) is 0 Å². The van der Waals surface area contributed by atoms with Crippen LogP contribution in [-0.2, 0) is 6.42 Å². The molecular formula is C16H22ClN3. The van der Waals surface area contributed by atoms with Crippen molar-refractivity contribution in [2.45, 2.75) is 45.7 Å². The molecule has 2 N–H and O–H groups in total. The fraction of sp³-hybridized carbons (Fsp3) is 0.438. The van der Waals surface area contributed by atoms with Crippen LogP contribution in [0.25, 0.3) is 0 Å². The fourth-order valence-corrected chi connectivity index (χ4v) is 2.71. The van der Waals surface area contributed by atoms with Gasteiger partial charge in [0.25, 0.3) is 0 Å². The molecule has 20 heavy (non-hydrogen) atoms. The van der Waals surface area contributed by atoms with Gasteiger partial charge in [-0.3, -0.25) is 4.68 Å². The van der Waals surface area contributed by atoms with E-state index in [0.29, 0.717) is 5.02 Å². The van der Waals surface area contributed by atoms with Crippen molar-refractivity contribution < 1.29 is 0 Å². The molecule has 0 radical (unpaired) electrons. The molecule has 0 fully saturated rings. The lowest BCUT2D eigenvalue weighted by Crippen LogP contribution is -2.18. The van der Waals surface area contributed by atoms with Gasteiger partial charge in [0.05, 0.1) is 16.9 Å². The number of aromatic nitrogens is 2. The van der Waals surface area contributed by atoms with Gasteiger partial charge in [-0.05, 0) is 39.2 Å². The van der Waals surface area contributed by atoms with Crippen LogP contribution >= 0.6 is 11.6 Å². The minimum absolute atomic E-state index is 0.0899. The fourth-order valence-electron chi connectivity index (χ4n) is 2.44. The highest BCUT2D eigenvalue weighted by Gasteiger charge is 2.18. The first-order valence-corrected chi connectivity index (χ1v) is 7.41. The molecule has 2 rings (SSSR count). The third-order valence-corrected chi connectivity index (χ3v) is 3.75. The summed E-state index contributed by atoms with van der Waals surface area (Å²) in [5, 5.41) is 4.97. The average molecular weight is 292 g/mol. The number of benzene rings is 1. The van der Waals surface area contributed by atoms with Crippen LogP contribution < -0.4 is 5.73 Å². The van der Waals surface area contributed by atoms with E-state index in [1.165, 1.54) is 11.1 Å². The zero-order valence-electron chi connectivity index (χ0n) is 12.3. The Kier molecular flexibility index (Phi) is 4.84. The average Bonchev–Trinajstić information content (AvgIpc) is 2.78. The standard InChI is InChI=1S/C16H22ClN3/c1-11(2)20-16(14(17)10-19-20)15(18)8-7-13-6-4-5-12(3)9-13/h4-6,9-11,15H,7-8,18H2,1-3H3. The van der Waals surface area contributed by atoms with Crippen molar-refractivity contribution in [3.05, 3.63) is 52.3 Å². The highest BCUT2D eigenvalue weighted by atomic mass is 35.5. The summed E-state index contributed by atoms with van der Waals surface area (Å²) < 4.78 is 1.92. The summed E-state index contributed by atoms with van der Waals surface area (Å²) in [7, 11) is 0. The zero-order valence-corrected chi connectivity index (χ0v) is 13.1. The molecule has 0 bridgehead atoms. The smallest absolute Gasteiger partial charge is 0.0834 e. The molecule has 4 heteroatoms. The summed E-state index contributed by atoms with van der Waals surface area (Å²) in [6, 6.07) is 8.71. The van der Waals surface area contributed by atoms with Gasteiger partial charge in [0, 0.05) is 12.1 Å². The van der Waals surface area contributed by atoms with E-state index in [1.54, 1.807) is 6.20 Å². The molecule has 0 spiro atoms. The molecule has 0 aliphatic rings. The molecule has 1 unspecified atom stereocenters. The van der Waals surface area contributed by atoms with Crippen LogP contribution in [0.2, 0.25) is 5.02 Å². The first-order chi connectivity index (χ1) is 9.49. The van der Waals surface area contributed by atoms with E-state index in [0.717, 1.165) is 18.5 Å². The molecule has 0 saturated heterocycles. The molecule has 1 heterocycles.